The van der Waals surface area contributed by atoms with Crippen LogP contribution in [0.5, 0.6) is 0 Å². The molecule has 0 spiro atoms. The van der Waals surface area contributed by atoms with E-state index in [1.165, 1.54) is 0 Å². The minimum absolute atomic E-state index is 0.208. The Kier molecular flexibility index (Phi) is 4.86. The number of halogens is 3. The van der Waals surface area contributed by atoms with Crippen LogP contribution in [-0.2, 0) is 9.53 Å². The van der Waals surface area contributed by atoms with Crippen molar-refractivity contribution in [3.8, 4) is 0 Å². The van der Waals surface area contributed by atoms with Gasteiger partial charge in [-0.1, -0.05) is 39.1 Å². The van der Waals surface area contributed by atoms with Gasteiger partial charge >= 0.3 is 0 Å². The molecule has 1 unspecified atom stereocenters. The van der Waals surface area contributed by atoms with E-state index >= 15 is 0 Å². The molecule has 1 amide bonds. The highest BCUT2D eigenvalue weighted by Gasteiger charge is 2.22. The van der Waals surface area contributed by atoms with Crippen LogP contribution in [0.2, 0.25) is 10.0 Å². The number of carbonyl (C=O) groups excluding carboxylic acids is 1. The number of hydrogen-bond acceptors (Lipinski definition) is 3. The van der Waals surface area contributed by atoms with Crippen molar-refractivity contribution >= 4 is 50.7 Å². The Balaban J connectivity index is 2.11. The predicted octanol–water partition coefficient (Wildman–Crippen LogP) is 2.68. The summed E-state index contributed by atoms with van der Waals surface area (Å²) in [6.07, 6.45) is 0. The number of amides is 1. The fraction of sp³-hybridized carbons (Fsp3) is 0.364. The van der Waals surface area contributed by atoms with Crippen LogP contribution in [0, 0.1) is 0 Å². The van der Waals surface area contributed by atoms with Gasteiger partial charge in [0.2, 0.25) is 5.91 Å². The first kappa shape index (κ1) is 14.1. The van der Waals surface area contributed by atoms with Crippen molar-refractivity contribution < 1.29 is 9.53 Å². The third-order valence-electron chi connectivity index (χ3n) is 2.49. The lowest BCUT2D eigenvalue weighted by atomic mass is 10.2. The van der Waals surface area contributed by atoms with Crippen molar-refractivity contribution in [3.05, 3.63) is 26.7 Å². The van der Waals surface area contributed by atoms with Crippen molar-refractivity contribution in [2.45, 2.75) is 6.04 Å². The quantitative estimate of drug-likeness (QED) is 0.859. The van der Waals surface area contributed by atoms with Crippen molar-refractivity contribution in [2.75, 3.05) is 25.1 Å². The van der Waals surface area contributed by atoms with Crippen molar-refractivity contribution in [2.24, 2.45) is 0 Å². The highest BCUT2D eigenvalue weighted by Crippen LogP contribution is 2.33. The molecular formula is C11H11BrCl2N2O2. The van der Waals surface area contributed by atoms with Gasteiger partial charge in [0, 0.05) is 11.0 Å². The molecule has 1 aromatic rings. The fourth-order valence-electron chi connectivity index (χ4n) is 1.61. The molecule has 4 nitrogen and oxygen atoms in total. The second kappa shape index (κ2) is 6.21. The monoisotopic (exact) mass is 352 g/mol. The number of rotatable bonds is 2. The minimum Gasteiger partial charge on any atom is -0.378 e. The maximum Gasteiger partial charge on any atom is 0.243 e. The number of anilines is 1. The second-order valence-electron chi connectivity index (χ2n) is 3.82. The zero-order chi connectivity index (χ0) is 13.1. The molecule has 0 bridgehead atoms. The summed E-state index contributed by atoms with van der Waals surface area (Å²) in [5.41, 5.74) is 0.416. The zero-order valence-corrected chi connectivity index (χ0v) is 12.4. The molecule has 18 heavy (non-hydrogen) atoms. The van der Waals surface area contributed by atoms with Crippen LogP contribution in [0.1, 0.15) is 0 Å². The van der Waals surface area contributed by atoms with E-state index in [1.54, 1.807) is 12.1 Å². The molecule has 0 saturated carbocycles. The average molecular weight is 354 g/mol. The lowest BCUT2D eigenvalue weighted by Crippen LogP contribution is -2.48. The number of morpholine rings is 1. The van der Waals surface area contributed by atoms with E-state index in [0.717, 1.165) is 4.47 Å². The maximum atomic E-state index is 12.0. The van der Waals surface area contributed by atoms with Gasteiger partial charge in [-0.3, -0.25) is 4.79 Å². The summed E-state index contributed by atoms with van der Waals surface area (Å²) in [5, 5.41) is 6.54. The molecular weight excluding hydrogens is 343 g/mol. The Morgan fingerprint density at radius 1 is 1.44 bits per heavy atom. The summed E-state index contributed by atoms with van der Waals surface area (Å²) in [5.74, 6) is -0.208. The topological polar surface area (TPSA) is 50.4 Å². The smallest absolute Gasteiger partial charge is 0.243 e. The van der Waals surface area contributed by atoms with E-state index in [9.17, 15) is 4.79 Å². The zero-order valence-electron chi connectivity index (χ0n) is 9.30. The van der Waals surface area contributed by atoms with E-state index in [0.29, 0.717) is 35.5 Å². The second-order valence-corrected chi connectivity index (χ2v) is 5.55. The van der Waals surface area contributed by atoms with Gasteiger partial charge in [-0.15, -0.1) is 0 Å². The lowest BCUT2D eigenvalue weighted by Gasteiger charge is -2.23. The number of hydrogen-bond donors (Lipinski definition) is 2. The molecule has 1 aliphatic heterocycles. The van der Waals surface area contributed by atoms with Gasteiger partial charge in [-0.2, -0.15) is 0 Å². The van der Waals surface area contributed by atoms with Gasteiger partial charge in [0.15, 0.2) is 0 Å². The predicted molar refractivity (Wildman–Crippen MR) is 75.4 cm³/mol. The molecule has 1 heterocycles. The first-order chi connectivity index (χ1) is 8.58. The average Bonchev–Trinajstić information content (AvgIpc) is 2.34. The molecule has 1 atom stereocenters. The first-order valence-corrected chi connectivity index (χ1v) is 6.89. The molecule has 0 radical (unpaired) electrons. The van der Waals surface area contributed by atoms with Crippen LogP contribution < -0.4 is 10.6 Å². The van der Waals surface area contributed by atoms with Crippen molar-refractivity contribution in [3.63, 3.8) is 0 Å². The normalized spacial score (nSPS) is 19.6. The molecule has 0 aliphatic carbocycles. The third-order valence-corrected chi connectivity index (χ3v) is 3.55. The molecule has 0 aromatic heterocycles. The van der Waals surface area contributed by atoms with Gasteiger partial charge < -0.3 is 15.4 Å². The third kappa shape index (κ3) is 3.36. The summed E-state index contributed by atoms with van der Waals surface area (Å²) in [6, 6.07) is 2.97. The molecule has 1 aromatic carbocycles. The van der Waals surface area contributed by atoms with Gasteiger partial charge in [-0.05, 0) is 12.1 Å². The Hall–Kier alpha value is -0.330. The number of nitrogens with one attached hydrogen (secondary N) is 2. The van der Waals surface area contributed by atoms with Crippen LogP contribution in [0.4, 0.5) is 5.69 Å². The maximum absolute atomic E-state index is 12.0. The van der Waals surface area contributed by atoms with Crippen LogP contribution in [0.25, 0.3) is 0 Å². The molecule has 2 rings (SSSR count). The number of benzene rings is 1. The molecule has 98 valence electrons. The molecule has 1 fully saturated rings. The highest BCUT2D eigenvalue weighted by atomic mass is 79.9. The van der Waals surface area contributed by atoms with Gasteiger partial charge in [0.1, 0.15) is 6.04 Å². The largest absolute Gasteiger partial charge is 0.378 e. The Morgan fingerprint density at radius 3 is 2.67 bits per heavy atom. The Bertz CT molecular complexity index is 441. The van der Waals surface area contributed by atoms with E-state index in [4.69, 9.17) is 27.9 Å². The van der Waals surface area contributed by atoms with Crippen LogP contribution in [-0.4, -0.2) is 31.7 Å². The van der Waals surface area contributed by atoms with E-state index < -0.39 is 0 Å². The standard InChI is InChI=1S/C11H11BrCl2N2O2/c12-6-3-7(13)10(8(14)4-6)16-11(17)9-5-18-2-1-15-9/h3-4,9,15H,1-2,5H2,(H,16,17). The van der Waals surface area contributed by atoms with E-state index in [2.05, 4.69) is 26.6 Å². The summed E-state index contributed by atoms with van der Waals surface area (Å²) < 4.78 is 5.98. The Labute approximate surface area is 123 Å². The summed E-state index contributed by atoms with van der Waals surface area (Å²) in [7, 11) is 0. The molecule has 2 N–H and O–H groups in total. The van der Waals surface area contributed by atoms with Gasteiger partial charge in [-0.25, -0.2) is 0 Å². The fourth-order valence-corrected chi connectivity index (χ4v) is 2.91. The van der Waals surface area contributed by atoms with Crippen LogP contribution in [0.3, 0.4) is 0 Å². The van der Waals surface area contributed by atoms with Gasteiger partial charge in [0.05, 0.1) is 28.9 Å². The summed E-state index contributed by atoms with van der Waals surface area (Å²) in [4.78, 5) is 12.0. The lowest BCUT2D eigenvalue weighted by molar-refractivity contribution is -0.120. The van der Waals surface area contributed by atoms with Crippen LogP contribution >= 0.6 is 39.1 Å². The Morgan fingerprint density at radius 2 is 2.11 bits per heavy atom. The van der Waals surface area contributed by atoms with E-state index in [1.807, 2.05) is 0 Å². The SMILES string of the molecule is O=C(Nc1c(Cl)cc(Br)cc1Cl)C1COCCN1. The van der Waals surface area contributed by atoms with Gasteiger partial charge in [0.25, 0.3) is 0 Å². The first-order valence-electron chi connectivity index (χ1n) is 5.34. The van der Waals surface area contributed by atoms with Crippen molar-refractivity contribution in [1.29, 1.82) is 0 Å². The highest BCUT2D eigenvalue weighted by molar-refractivity contribution is 9.10. The molecule has 1 saturated heterocycles. The molecule has 7 heteroatoms. The summed E-state index contributed by atoms with van der Waals surface area (Å²) >= 11 is 15.3. The van der Waals surface area contributed by atoms with Crippen molar-refractivity contribution in [1.82, 2.24) is 5.32 Å². The summed E-state index contributed by atoms with van der Waals surface area (Å²) in [6.45, 7) is 1.61. The minimum atomic E-state index is -0.380. The molecule has 1 aliphatic rings. The van der Waals surface area contributed by atoms with Crippen LogP contribution in [0.15, 0.2) is 16.6 Å². The van der Waals surface area contributed by atoms with E-state index in [-0.39, 0.29) is 11.9 Å². The number of carbonyl (C=O) groups is 1. The number of ether oxygens (including phenoxy) is 1.